The van der Waals surface area contributed by atoms with Crippen LogP contribution in [0.25, 0.3) is 0 Å². The summed E-state index contributed by atoms with van der Waals surface area (Å²) in [5.41, 5.74) is 0. The summed E-state index contributed by atoms with van der Waals surface area (Å²) < 4.78 is 9.70. The molecule has 0 aromatic carbocycles. The molecule has 2 aliphatic rings. The van der Waals surface area contributed by atoms with Gasteiger partial charge in [0.25, 0.3) is 0 Å². The smallest absolute Gasteiger partial charge is 0.417 e. The molecule has 4 nitrogen and oxygen atoms in total. The van der Waals surface area contributed by atoms with Gasteiger partial charge in [-0.2, -0.15) is 0 Å². The minimum atomic E-state index is -0.839. The van der Waals surface area contributed by atoms with E-state index < -0.39 is 11.9 Å². The monoisotopic (exact) mass is 198 g/mol. The van der Waals surface area contributed by atoms with Crippen molar-refractivity contribution in [3.8, 4) is 0 Å². The van der Waals surface area contributed by atoms with Crippen LogP contribution in [-0.2, 0) is 19.1 Å². The van der Waals surface area contributed by atoms with Crippen molar-refractivity contribution in [1.82, 2.24) is 0 Å². The molecule has 2 unspecified atom stereocenters. The molecule has 78 valence electrons. The van der Waals surface area contributed by atoms with Crippen molar-refractivity contribution in [3.05, 3.63) is 0 Å². The first kappa shape index (κ1) is 9.49. The van der Waals surface area contributed by atoms with Gasteiger partial charge in [-0.3, -0.25) is 0 Å². The summed E-state index contributed by atoms with van der Waals surface area (Å²) in [5, 5.41) is 0. The first-order valence-corrected chi connectivity index (χ1v) is 5.11. The highest BCUT2D eigenvalue weighted by molar-refractivity contribution is 6.29. The summed E-state index contributed by atoms with van der Waals surface area (Å²) in [7, 11) is 0. The van der Waals surface area contributed by atoms with E-state index in [4.69, 9.17) is 9.47 Å². The van der Waals surface area contributed by atoms with Gasteiger partial charge in [0.1, 0.15) is 0 Å². The number of ether oxygens (including phenoxy) is 2. The topological polar surface area (TPSA) is 52.6 Å². The number of hydrogen-bond donors (Lipinski definition) is 0. The largest absolute Gasteiger partial charge is 0.457 e. The average Bonchev–Trinajstić information content (AvgIpc) is 2.21. The first-order valence-electron chi connectivity index (χ1n) is 5.11. The van der Waals surface area contributed by atoms with Crippen molar-refractivity contribution in [3.63, 3.8) is 0 Å². The van der Waals surface area contributed by atoms with Gasteiger partial charge in [-0.05, 0) is 24.7 Å². The van der Waals surface area contributed by atoms with Crippen LogP contribution in [0.1, 0.15) is 25.7 Å². The number of carbonyl (C=O) groups is 2. The van der Waals surface area contributed by atoms with Crippen LogP contribution in [-0.4, -0.2) is 25.2 Å². The van der Waals surface area contributed by atoms with Crippen molar-refractivity contribution in [2.24, 2.45) is 11.8 Å². The Labute approximate surface area is 82.6 Å². The van der Waals surface area contributed by atoms with E-state index in [9.17, 15) is 9.59 Å². The molecular weight excluding hydrogens is 184 g/mol. The maximum Gasteiger partial charge on any atom is 0.417 e. The van der Waals surface area contributed by atoms with Crippen LogP contribution < -0.4 is 0 Å². The molecule has 0 N–H and O–H groups in total. The third kappa shape index (κ3) is 1.89. The zero-order chi connectivity index (χ0) is 9.97. The highest BCUT2D eigenvalue weighted by Gasteiger charge is 2.31. The summed E-state index contributed by atoms with van der Waals surface area (Å²) in [6, 6.07) is 0. The maximum absolute atomic E-state index is 10.9. The fourth-order valence-electron chi connectivity index (χ4n) is 2.21. The summed E-state index contributed by atoms with van der Waals surface area (Å²) in [6.45, 7) is 0.775. The predicted octanol–water partition coefficient (Wildman–Crippen LogP) is 0.893. The molecule has 0 amide bonds. The van der Waals surface area contributed by atoms with Crippen LogP contribution in [0.3, 0.4) is 0 Å². The summed E-state index contributed by atoms with van der Waals surface area (Å²) in [4.78, 5) is 21.9. The minimum absolute atomic E-state index is 0.387. The second-order valence-electron chi connectivity index (χ2n) is 4.00. The fraction of sp³-hybridized carbons (Fsp3) is 0.800. The van der Waals surface area contributed by atoms with E-state index in [1.54, 1.807) is 0 Å². The molecule has 1 aliphatic heterocycles. The Kier molecular flexibility index (Phi) is 2.70. The number of esters is 2. The molecule has 2 fully saturated rings. The molecule has 1 aliphatic carbocycles. The number of cyclic esters (lactones) is 2. The molecule has 0 spiro atoms. The van der Waals surface area contributed by atoms with Gasteiger partial charge in [-0.15, -0.1) is 0 Å². The van der Waals surface area contributed by atoms with Crippen molar-refractivity contribution in [1.29, 1.82) is 0 Å². The van der Waals surface area contributed by atoms with Crippen LogP contribution in [0.2, 0.25) is 0 Å². The van der Waals surface area contributed by atoms with Gasteiger partial charge in [0.15, 0.2) is 0 Å². The van der Waals surface area contributed by atoms with Crippen LogP contribution >= 0.6 is 0 Å². The molecule has 4 heteroatoms. The van der Waals surface area contributed by atoms with E-state index in [0.29, 0.717) is 25.0 Å². The molecule has 1 heterocycles. The molecule has 14 heavy (non-hydrogen) atoms. The fourth-order valence-corrected chi connectivity index (χ4v) is 2.21. The van der Waals surface area contributed by atoms with E-state index in [2.05, 4.69) is 0 Å². The zero-order valence-corrected chi connectivity index (χ0v) is 8.03. The normalized spacial score (nSPS) is 33.4. The van der Waals surface area contributed by atoms with E-state index in [1.807, 2.05) is 0 Å². The Bertz CT molecular complexity index is 223. The van der Waals surface area contributed by atoms with E-state index in [0.717, 1.165) is 12.8 Å². The van der Waals surface area contributed by atoms with Crippen molar-refractivity contribution >= 4 is 11.9 Å². The minimum Gasteiger partial charge on any atom is -0.457 e. The van der Waals surface area contributed by atoms with Crippen molar-refractivity contribution < 1.29 is 19.1 Å². The van der Waals surface area contributed by atoms with Crippen LogP contribution in [0, 0.1) is 11.8 Å². The third-order valence-electron chi connectivity index (χ3n) is 3.09. The number of carbonyl (C=O) groups excluding carboxylic acids is 2. The maximum atomic E-state index is 10.9. The summed E-state index contributed by atoms with van der Waals surface area (Å²) >= 11 is 0. The zero-order valence-electron chi connectivity index (χ0n) is 8.03. The van der Waals surface area contributed by atoms with E-state index in [1.165, 1.54) is 12.8 Å². The van der Waals surface area contributed by atoms with Crippen LogP contribution in [0.4, 0.5) is 0 Å². The standard InChI is InChI=1S/C10H14O4/c11-9-10(12)14-6-8-4-2-1-3-7(8)5-13-9/h7-8H,1-6H2. The predicted molar refractivity (Wildman–Crippen MR) is 47.4 cm³/mol. The Morgan fingerprint density at radius 2 is 1.29 bits per heavy atom. The highest BCUT2D eigenvalue weighted by Crippen LogP contribution is 2.31. The quantitative estimate of drug-likeness (QED) is 0.428. The van der Waals surface area contributed by atoms with Gasteiger partial charge in [-0.25, -0.2) is 9.59 Å². The molecule has 1 saturated carbocycles. The summed E-state index contributed by atoms with van der Waals surface area (Å²) in [6.07, 6.45) is 4.53. The van der Waals surface area contributed by atoms with Gasteiger partial charge in [-0.1, -0.05) is 12.8 Å². The number of fused-ring (bicyclic) bond motifs is 1. The Morgan fingerprint density at radius 3 is 1.71 bits per heavy atom. The van der Waals surface area contributed by atoms with Crippen molar-refractivity contribution in [2.45, 2.75) is 25.7 Å². The molecule has 1 saturated heterocycles. The van der Waals surface area contributed by atoms with Gasteiger partial charge in [0.2, 0.25) is 0 Å². The van der Waals surface area contributed by atoms with Crippen molar-refractivity contribution in [2.75, 3.05) is 13.2 Å². The van der Waals surface area contributed by atoms with Gasteiger partial charge < -0.3 is 9.47 Å². The third-order valence-corrected chi connectivity index (χ3v) is 3.09. The summed E-state index contributed by atoms with van der Waals surface area (Å²) in [5.74, 6) is -0.898. The van der Waals surface area contributed by atoms with Crippen LogP contribution in [0.15, 0.2) is 0 Å². The Morgan fingerprint density at radius 1 is 0.857 bits per heavy atom. The second-order valence-corrected chi connectivity index (χ2v) is 4.00. The average molecular weight is 198 g/mol. The Hall–Kier alpha value is -1.06. The van der Waals surface area contributed by atoms with E-state index >= 15 is 0 Å². The highest BCUT2D eigenvalue weighted by atomic mass is 16.6. The second kappa shape index (κ2) is 3.98. The van der Waals surface area contributed by atoms with Gasteiger partial charge in [0.05, 0.1) is 13.2 Å². The molecular formula is C10H14O4. The molecule has 0 bridgehead atoms. The molecule has 2 rings (SSSR count). The molecule has 0 aromatic heterocycles. The Balaban J connectivity index is 2.00. The lowest BCUT2D eigenvalue weighted by molar-refractivity contribution is -0.174. The van der Waals surface area contributed by atoms with Gasteiger partial charge in [0, 0.05) is 0 Å². The SMILES string of the molecule is O=C1OCC2CCCCC2COC1=O. The lowest BCUT2D eigenvalue weighted by Gasteiger charge is -2.31. The number of hydrogen-bond acceptors (Lipinski definition) is 4. The lowest BCUT2D eigenvalue weighted by Crippen LogP contribution is -2.35. The van der Waals surface area contributed by atoms with Crippen LogP contribution in [0.5, 0.6) is 0 Å². The molecule has 2 atom stereocenters. The first-order chi connectivity index (χ1) is 6.77. The number of rotatable bonds is 0. The van der Waals surface area contributed by atoms with Gasteiger partial charge >= 0.3 is 11.9 Å². The molecule has 0 aromatic rings. The molecule has 0 radical (unpaired) electrons. The lowest BCUT2D eigenvalue weighted by atomic mass is 9.80. The van der Waals surface area contributed by atoms with E-state index in [-0.39, 0.29) is 0 Å².